The molecular weight excluding hydrogens is 312 g/mol. The minimum atomic E-state index is 0.568. The van der Waals surface area contributed by atoms with Gasteiger partial charge in [-0.1, -0.05) is 60.7 Å². The van der Waals surface area contributed by atoms with Gasteiger partial charge in [0.1, 0.15) is 0 Å². The lowest BCUT2D eigenvalue weighted by Crippen LogP contribution is -2.05. The standard InChI is InChI=1S/C21H16N2S/c1-15-8-7-11-17(14-15)23-20(16-9-3-2-4-10-16)18-12-5-6-13-19(18)22-21(23)24/h2-14H,1H3. The van der Waals surface area contributed by atoms with Crippen LogP contribution in [0.2, 0.25) is 0 Å². The largest absolute Gasteiger partial charge is 0.285 e. The summed E-state index contributed by atoms with van der Waals surface area (Å²) in [7, 11) is 0. The smallest absolute Gasteiger partial charge is 0.205 e. The van der Waals surface area contributed by atoms with Gasteiger partial charge in [-0.25, -0.2) is 4.98 Å². The molecule has 0 saturated heterocycles. The van der Waals surface area contributed by atoms with E-state index in [4.69, 9.17) is 12.2 Å². The number of nitrogens with zero attached hydrogens (tertiary/aromatic N) is 2. The fourth-order valence-corrected chi connectivity index (χ4v) is 3.32. The van der Waals surface area contributed by atoms with Gasteiger partial charge in [0.05, 0.1) is 11.2 Å². The maximum atomic E-state index is 5.64. The highest BCUT2D eigenvalue weighted by Gasteiger charge is 2.13. The Morgan fingerprint density at radius 1 is 0.833 bits per heavy atom. The van der Waals surface area contributed by atoms with Gasteiger partial charge in [0.15, 0.2) is 0 Å². The van der Waals surface area contributed by atoms with Crippen LogP contribution in [-0.4, -0.2) is 9.55 Å². The van der Waals surface area contributed by atoms with E-state index in [1.807, 2.05) is 36.4 Å². The van der Waals surface area contributed by atoms with Crippen LogP contribution in [0.25, 0.3) is 27.8 Å². The second kappa shape index (κ2) is 6.02. The van der Waals surface area contributed by atoms with E-state index in [1.54, 1.807) is 0 Å². The Bertz CT molecular complexity index is 1080. The van der Waals surface area contributed by atoms with Gasteiger partial charge < -0.3 is 0 Å². The first-order chi connectivity index (χ1) is 11.7. The molecule has 0 aliphatic heterocycles. The second-order valence-corrected chi connectivity index (χ2v) is 6.17. The number of aryl methyl sites for hydroxylation is 1. The molecule has 4 rings (SSSR count). The molecule has 0 radical (unpaired) electrons. The van der Waals surface area contributed by atoms with Crippen molar-refractivity contribution in [3.05, 3.63) is 89.2 Å². The first kappa shape index (κ1) is 14.8. The van der Waals surface area contributed by atoms with Gasteiger partial charge in [0.2, 0.25) is 4.77 Å². The van der Waals surface area contributed by atoms with Gasteiger partial charge in [0.25, 0.3) is 0 Å². The summed E-state index contributed by atoms with van der Waals surface area (Å²) in [6, 6.07) is 26.9. The molecule has 24 heavy (non-hydrogen) atoms. The maximum Gasteiger partial charge on any atom is 0.205 e. The monoisotopic (exact) mass is 328 g/mol. The Hall–Kier alpha value is -2.78. The van der Waals surface area contributed by atoms with Crippen molar-refractivity contribution in [3.8, 4) is 16.9 Å². The minimum Gasteiger partial charge on any atom is -0.285 e. The third kappa shape index (κ3) is 2.53. The van der Waals surface area contributed by atoms with E-state index in [9.17, 15) is 0 Å². The van der Waals surface area contributed by atoms with Crippen molar-refractivity contribution in [1.82, 2.24) is 9.55 Å². The SMILES string of the molecule is Cc1cccc(-n2c(-c3ccccc3)c3ccccc3nc2=S)c1. The molecule has 3 aromatic carbocycles. The highest BCUT2D eigenvalue weighted by molar-refractivity contribution is 7.71. The van der Waals surface area contributed by atoms with Crippen molar-refractivity contribution in [2.45, 2.75) is 6.92 Å². The van der Waals surface area contributed by atoms with Crippen molar-refractivity contribution < 1.29 is 0 Å². The summed E-state index contributed by atoms with van der Waals surface area (Å²) in [5, 5.41) is 1.10. The quantitative estimate of drug-likeness (QED) is 0.437. The lowest BCUT2D eigenvalue weighted by molar-refractivity contribution is 0.988. The molecular formula is C21H16N2S. The number of benzene rings is 3. The van der Waals surface area contributed by atoms with Crippen molar-refractivity contribution in [2.24, 2.45) is 0 Å². The zero-order valence-electron chi connectivity index (χ0n) is 13.3. The van der Waals surface area contributed by atoms with Crippen LogP contribution < -0.4 is 0 Å². The van der Waals surface area contributed by atoms with Gasteiger partial charge in [-0.05, 0) is 48.5 Å². The van der Waals surface area contributed by atoms with Crippen LogP contribution in [0.4, 0.5) is 0 Å². The van der Waals surface area contributed by atoms with Crippen LogP contribution in [0.5, 0.6) is 0 Å². The van der Waals surface area contributed by atoms with Crippen molar-refractivity contribution >= 4 is 23.1 Å². The summed E-state index contributed by atoms with van der Waals surface area (Å²) in [5.41, 5.74) is 5.37. The van der Waals surface area contributed by atoms with Gasteiger partial charge in [-0.2, -0.15) is 0 Å². The maximum absolute atomic E-state index is 5.64. The molecule has 0 spiro atoms. The highest BCUT2D eigenvalue weighted by Crippen LogP contribution is 2.30. The minimum absolute atomic E-state index is 0.568. The number of rotatable bonds is 2. The Morgan fingerprint density at radius 3 is 2.38 bits per heavy atom. The van der Waals surface area contributed by atoms with Crippen molar-refractivity contribution in [1.29, 1.82) is 0 Å². The predicted molar refractivity (Wildman–Crippen MR) is 102 cm³/mol. The Kier molecular flexibility index (Phi) is 3.71. The number of hydrogen-bond acceptors (Lipinski definition) is 2. The zero-order valence-corrected chi connectivity index (χ0v) is 14.1. The summed E-state index contributed by atoms with van der Waals surface area (Å²) < 4.78 is 2.64. The fourth-order valence-electron chi connectivity index (χ4n) is 3.03. The predicted octanol–water partition coefficient (Wildman–Crippen LogP) is 5.73. The molecule has 0 aliphatic rings. The van der Waals surface area contributed by atoms with Crippen LogP contribution in [0.3, 0.4) is 0 Å². The van der Waals surface area contributed by atoms with Crippen LogP contribution in [-0.2, 0) is 0 Å². The topological polar surface area (TPSA) is 17.8 Å². The molecule has 4 aromatic rings. The van der Waals surface area contributed by atoms with Gasteiger partial charge in [-0.15, -0.1) is 0 Å². The summed E-state index contributed by atoms with van der Waals surface area (Å²) in [4.78, 5) is 4.65. The average Bonchev–Trinajstić information content (AvgIpc) is 2.61. The number of para-hydroxylation sites is 1. The third-order valence-corrected chi connectivity index (χ3v) is 4.37. The molecule has 0 saturated carbocycles. The normalized spacial score (nSPS) is 10.9. The third-order valence-electron chi connectivity index (χ3n) is 4.10. The molecule has 0 unspecified atom stereocenters. The van der Waals surface area contributed by atoms with Crippen LogP contribution in [0.1, 0.15) is 5.56 Å². The van der Waals surface area contributed by atoms with Crippen LogP contribution >= 0.6 is 12.2 Å². The van der Waals surface area contributed by atoms with E-state index in [1.165, 1.54) is 5.56 Å². The lowest BCUT2D eigenvalue weighted by atomic mass is 10.1. The molecule has 0 atom stereocenters. The second-order valence-electron chi connectivity index (χ2n) is 5.80. The fraction of sp³-hybridized carbons (Fsp3) is 0.0476. The van der Waals surface area contributed by atoms with Crippen molar-refractivity contribution in [3.63, 3.8) is 0 Å². The van der Waals surface area contributed by atoms with E-state index in [0.29, 0.717) is 4.77 Å². The Labute approximate surface area is 146 Å². The summed E-state index contributed by atoms with van der Waals surface area (Å²) in [5.74, 6) is 0. The summed E-state index contributed by atoms with van der Waals surface area (Å²) in [6.07, 6.45) is 0. The molecule has 0 amide bonds. The van der Waals surface area contributed by atoms with E-state index >= 15 is 0 Å². The van der Waals surface area contributed by atoms with E-state index in [0.717, 1.165) is 27.8 Å². The zero-order chi connectivity index (χ0) is 16.5. The number of hydrogen-bond donors (Lipinski definition) is 0. The number of fused-ring (bicyclic) bond motifs is 1. The molecule has 3 heteroatoms. The van der Waals surface area contributed by atoms with Crippen LogP contribution in [0, 0.1) is 11.7 Å². The first-order valence-electron chi connectivity index (χ1n) is 7.88. The molecule has 1 aromatic heterocycles. The summed E-state index contributed by atoms with van der Waals surface area (Å²) >= 11 is 5.64. The van der Waals surface area contributed by atoms with Crippen molar-refractivity contribution in [2.75, 3.05) is 0 Å². The number of aromatic nitrogens is 2. The Balaban J connectivity index is 2.17. The molecule has 2 nitrogen and oxygen atoms in total. The van der Waals surface area contributed by atoms with E-state index in [2.05, 4.69) is 58.9 Å². The summed E-state index contributed by atoms with van der Waals surface area (Å²) in [6.45, 7) is 2.09. The van der Waals surface area contributed by atoms with E-state index in [-0.39, 0.29) is 0 Å². The molecule has 116 valence electrons. The molecule has 1 heterocycles. The first-order valence-corrected chi connectivity index (χ1v) is 8.29. The van der Waals surface area contributed by atoms with Crippen LogP contribution in [0.15, 0.2) is 78.9 Å². The van der Waals surface area contributed by atoms with Gasteiger partial charge >= 0.3 is 0 Å². The molecule has 0 bridgehead atoms. The molecule has 0 aliphatic carbocycles. The molecule has 0 fully saturated rings. The van der Waals surface area contributed by atoms with Gasteiger partial charge in [-0.3, -0.25) is 4.57 Å². The Morgan fingerprint density at radius 2 is 1.58 bits per heavy atom. The lowest BCUT2D eigenvalue weighted by Gasteiger charge is -2.17. The highest BCUT2D eigenvalue weighted by atomic mass is 32.1. The van der Waals surface area contributed by atoms with E-state index < -0.39 is 0 Å². The molecule has 0 N–H and O–H groups in total. The van der Waals surface area contributed by atoms with Gasteiger partial charge in [0, 0.05) is 11.1 Å². The average molecular weight is 328 g/mol.